The fourth-order valence-corrected chi connectivity index (χ4v) is 2.01. The van der Waals surface area contributed by atoms with Crippen LogP contribution in [0.2, 0.25) is 0 Å². The van der Waals surface area contributed by atoms with Crippen molar-refractivity contribution in [3.63, 3.8) is 0 Å². The summed E-state index contributed by atoms with van der Waals surface area (Å²) in [4.78, 5) is 4.12. The molecule has 0 bridgehead atoms. The lowest BCUT2D eigenvalue weighted by Crippen LogP contribution is -2.14. The van der Waals surface area contributed by atoms with E-state index in [1.165, 1.54) is 29.2 Å². The third kappa shape index (κ3) is 3.67. The minimum atomic E-state index is 0.937. The minimum absolute atomic E-state index is 0.937. The summed E-state index contributed by atoms with van der Waals surface area (Å²) in [5, 5.41) is 5.94. The Kier molecular flexibility index (Phi) is 4.91. The van der Waals surface area contributed by atoms with Crippen LogP contribution in [-0.4, -0.2) is 11.5 Å². The first-order chi connectivity index (χ1) is 8.90. The van der Waals surface area contributed by atoms with Gasteiger partial charge >= 0.3 is 0 Å². The van der Waals surface area contributed by atoms with Crippen molar-refractivity contribution in [3.05, 3.63) is 54.9 Å². The molecule has 2 aromatic rings. The normalized spacial score (nSPS) is 10.7. The maximum Gasteiger partial charge on any atom is 0.0346 e. The van der Waals surface area contributed by atoms with Crippen molar-refractivity contribution >= 4 is 10.8 Å². The number of nitrogens with one attached hydrogen (secondary N) is 1. The third-order valence-electron chi connectivity index (χ3n) is 3.05. The zero-order chi connectivity index (χ0) is 12.6. The predicted octanol–water partition coefficient (Wildman–Crippen LogP) is 3.68. The third-order valence-corrected chi connectivity index (χ3v) is 3.05. The summed E-state index contributed by atoms with van der Waals surface area (Å²) in [6.45, 7) is 5.74. The molecule has 0 fully saturated rings. The molecule has 0 spiro atoms. The molecule has 0 saturated heterocycles. The van der Waals surface area contributed by atoms with Crippen LogP contribution < -0.4 is 5.32 Å². The summed E-state index contributed by atoms with van der Waals surface area (Å²) in [7, 11) is 0. The van der Waals surface area contributed by atoms with Crippen LogP contribution in [0.15, 0.2) is 49.3 Å². The second kappa shape index (κ2) is 6.92. The molecule has 94 valence electrons. The van der Waals surface area contributed by atoms with Crippen LogP contribution in [0.3, 0.4) is 0 Å². The van der Waals surface area contributed by atoms with Crippen molar-refractivity contribution in [3.8, 4) is 0 Å². The average molecular weight is 240 g/mol. The molecule has 1 aromatic carbocycles. The number of unbranched alkanes of at least 4 members (excludes halogenated alkanes) is 2. The van der Waals surface area contributed by atoms with E-state index in [2.05, 4.69) is 41.1 Å². The van der Waals surface area contributed by atoms with Crippen LogP contribution in [0.4, 0.5) is 0 Å². The fourth-order valence-electron chi connectivity index (χ4n) is 2.01. The molecule has 0 amide bonds. The van der Waals surface area contributed by atoms with Crippen LogP contribution >= 0.6 is 0 Å². The van der Waals surface area contributed by atoms with Gasteiger partial charge in [0.1, 0.15) is 0 Å². The van der Waals surface area contributed by atoms with Crippen molar-refractivity contribution in [2.75, 3.05) is 6.54 Å². The SMILES string of the molecule is C=CCCCCNCc1ccc2cnccc2c1. The lowest BCUT2D eigenvalue weighted by molar-refractivity contribution is 0.627. The molecule has 0 aliphatic rings. The predicted molar refractivity (Wildman–Crippen MR) is 77.5 cm³/mol. The highest BCUT2D eigenvalue weighted by Crippen LogP contribution is 2.14. The number of hydrogen-bond donors (Lipinski definition) is 1. The number of nitrogens with zero attached hydrogens (tertiary/aromatic N) is 1. The molecular weight excluding hydrogens is 220 g/mol. The zero-order valence-corrected chi connectivity index (χ0v) is 10.7. The lowest BCUT2D eigenvalue weighted by atomic mass is 10.1. The highest BCUT2D eigenvalue weighted by molar-refractivity contribution is 5.81. The number of aromatic nitrogens is 1. The number of pyridine rings is 1. The van der Waals surface area contributed by atoms with Crippen LogP contribution in [0.25, 0.3) is 10.8 Å². The molecule has 0 aliphatic heterocycles. The van der Waals surface area contributed by atoms with Gasteiger partial charge in [0.2, 0.25) is 0 Å². The molecule has 0 saturated carbocycles. The first-order valence-electron chi connectivity index (χ1n) is 6.54. The average Bonchev–Trinajstić information content (AvgIpc) is 2.42. The molecule has 2 nitrogen and oxygen atoms in total. The maximum atomic E-state index is 4.12. The van der Waals surface area contributed by atoms with E-state index in [9.17, 15) is 0 Å². The van der Waals surface area contributed by atoms with Crippen molar-refractivity contribution < 1.29 is 0 Å². The quantitative estimate of drug-likeness (QED) is 0.590. The van der Waals surface area contributed by atoms with Gasteiger partial charge < -0.3 is 5.32 Å². The molecule has 0 atom stereocenters. The number of benzene rings is 1. The lowest BCUT2D eigenvalue weighted by Gasteiger charge is -2.05. The Bertz CT molecular complexity index is 505. The van der Waals surface area contributed by atoms with E-state index >= 15 is 0 Å². The highest BCUT2D eigenvalue weighted by atomic mass is 14.8. The topological polar surface area (TPSA) is 24.9 Å². The van der Waals surface area contributed by atoms with Gasteiger partial charge in [-0.15, -0.1) is 6.58 Å². The Morgan fingerprint density at radius 3 is 3.00 bits per heavy atom. The summed E-state index contributed by atoms with van der Waals surface area (Å²) >= 11 is 0. The van der Waals surface area contributed by atoms with Crippen molar-refractivity contribution in [2.45, 2.75) is 25.8 Å². The van der Waals surface area contributed by atoms with Crippen molar-refractivity contribution in [2.24, 2.45) is 0 Å². The summed E-state index contributed by atoms with van der Waals surface area (Å²) in [6.07, 6.45) is 9.28. The summed E-state index contributed by atoms with van der Waals surface area (Å²) < 4.78 is 0. The number of hydrogen-bond acceptors (Lipinski definition) is 2. The van der Waals surface area contributed by atoms with Crippen LogP contribution in [-0.2, 0) is 6.54 Å². The van der Waals surface area contributed by atoms with Gasteiger partial charge in [-0.2, -0.15) is 0 Å². The number of allylic oxidation sites excluding steroid dienone is 1. The van der Waals surface area contributed by atoms with Crippen LogP contribution in [0.5, 0.6) is 0 Å². The molecule has 2 heteroatoms. The first-order valence-corrected chi connectivity index (χ1v) is 6.54. The molecule has 0 aliphatic carbocycles. The van der Waals surface area contributed by atoms with E-state index in [-0.39, 0.29) is 0 Å². The van der Waals surface area contributed by atoms with Gasteiger partial charge in [0.05, 0.1) is 0 Å². The number of fused-ring (bicyclic) bond motifs is 1. The molecule has 1 aromatic heterocycles. The Morgan fingerprint density at radius 2 is 2.11 bits per heavy atom. The van der Waals surface area contributed by atoms with E-state index in [0.29, 0.717) is 0 Å². The Labute approximate surface area is 109 Å². The van der Waals surface area contributed by atoms with Gasteiger partial charge in [0.25, 0.3) is 0 Å². The standard InChI is InChI=1S/C16H20N2/c1-2-3-4-5-9-17-12-14-6-7-16-13-18-10-8-15(16)11-14/h2,6-8,10-11,13,17H,1,3-5,9,12H2. The van der Waals surface area contributed by atoms with E-state index in [1.54, 1.807) is 0 Å². The Morgan fingerprint density at radius 1 is 1.17 bits per heavy atom. The van der Waals surface area contributed by atoms with Gasteiger partial charge in [-0.3, -0.25) is 4.98 Å². The second-order valence-electron chi connectivity index (χ2n) is 4.52. The van der Waals surface area contributed by atoms with E-state index < -0.39 is 0 Å². The Hall–Kier alpha value is -1.67. The van der Waals surface area contributed by atoms with Crippen LogP contribution in [0, 0.1) is 0 Å². The highest BCUT2D eigenvalue weighted by Gasteiger charge is 1.96. The molecule has 1 heterocycles. The molecule has 0 unspecified atom stereocenters. The minimum Gasteiger partial charge on any atom is -0.313 e. The van der Waals surface area contributed by atoms with Crippen molar-refractivity contribution in [1.29, 1.82) is 0 Å². The largest absolute Gasteiger partial charge is 0.313 e. The first kappa shape index (κ1) is 12.8. The second-order valence-corrected chi connectivity index (χ2v) is 4.52. The molecular formula is C16H20N2. The molecule has 2 rings (SSSR count). The van der Waals surface area contributed by atoms with Gasteiger partial charge in [0, 0.05) is 24.3 Å². The molecule has 0 radical (unpaired) electrons. The summed E-state index contributed by atoms with van der Waals surface area (Å²) in [5.41, 5.74) is 1.33. The van der Waals surface area contributed by atoms with Gasteiger partial charge in [-0.1, -0.05) is 18.2 Å². The van der Waals surface area contributed by atoms with Crippen molar-refractivity contribution in [1.82, 2.24) is 10.3 Å². The number of rotatable bonds is 7. The van der Waals surface area contributed by atoms with E-state index in [1.807, 2.05) is 18.5 Å². The fraction of sp³-hybridized carbons (Fsp3) is 0.312. The van der Waals surface area contributed by atoms with Gasteiger partial charge in [0.15, 0.2) is 0 Å². The zero-order valence-electron chi connectivity index (χ0n) is 10.7. The smallest absolute Gasteiger partial charge is 0.0346 e. The van der Waals surface area contributed by atoms with Crippen LogP contribution in [0.1, 0.15) is 24.8 Å². The summed E-state index contributed by atoms with van der Waals surface area (Å²) in [6, 6.07) is 8.59. The van der Waals surface area contributed by atoms with E-state index in [4.69, 9.17) is 0 Å². The molecule has 18 heavy (non-hydrogen) atoms. The Balaban J connectivity index is 1.82. The molecule has 1 N–H and O–H groups in total. The summed E-state index contributed by atoms with van der Waals surface area (Å²) in [5.74, 6) is 0. The van der Waals surface area contributed by atoms with Gasteiger partial charge in [-0.05, 0) is 48.9 Å². The maximum absolute atomic E-state index is 4.12. The monoisotopic (exact) mass is 240 g/mol. The van der Waals surface area contributed by atoms with Gasteiger partial charge in [-0.25, -0.2) is 0 Å². The van der Waals surface area contributed by atoms with E-state index in [0.717, 1.165) is 19.5 Å².